The summed E-state index contributed by atoms with van der Waals surface area (Å²) < 4.78 is 6.92. The van der Waals surface area contributed by atoms with Gasteiger partial charge in [-0.2, -0.15) is 5.10 Å². The third kappa shape index (κ3) is 4.06. The molecule has 0 atom stereocenters. The number of carbonyl (C=O) groups excluding carboxylic acids is 1. The van der Waals surface area contributed by atoms with Crippen molar-refractivity contribution in [2.24, 2.45) is 0 Å². The van der Waals surface area contributed by atoms with Gasteiger partial charge in [0.1, 0.15) is 5.65 Å². The van der Waals surface area contributed by atoms with Crippen LogP contribution in [-0.2, 0) is 4.74 Å². The summed E-state index contributed by atoms with van der Waals surface area (Å²) in [5, 5.41) is 21.1. The number of aryl methyl sites for hydroxylation is 1. The Morgan fingerprint density at radius 1 is 1.13 bits per heavy atom. The summed E-state index contributed by atoms with van der Waals surface area (Å²) in [4.78, 5) is 36.3. The fraction of sp³-hybridized carbons (Fsp3) is 0.259. The van der Waals surface area contributed by atoms with E-state index in [1.807, 2.05) is 17.8 Å². The average molecular weight is 512 g/mol. The van der Waals surface area contributed by atoms with Crippen molar-refractivity contribution in [1.82, 2.24) is 30.0 Å². The number of carbonyl (C=O) groups is 1. The molecule has 38 heavy (non-hydrogen) atoms. The molecular weight excluding hydrogens is 486 g/mol. The molecule has 5 aromatic rings. The van der Waals surface area contributed by atoms with E-state index in [2.05, 4.69) is 15.4 Å². The highest BCUT2D eigenvalue weighted by Gasteiger charge is 2.22. The molecule has 0 aliphatic carbocycles. The molecule has 0 unspecified atom stereocenters. The van der Waals surface area contributed by atoms with Gasteiger partial charge in [0.15, 0.2) is 5.82 Å². The molecule has 3 aromatic heterocycles. The van der Waals surface area contributed by atoms with E-state index in [9.17, 15) is 14.9 Å². The van der Waals surface area contributed by atoms with Crippen molar-refractivity contribution in [3.05, 3.63) is 70.0 Å². The number of aromatic nitrogens is 5. The van der Waals surface area contributed by atoms with Crippen LogP contribution in [0.25, 0.3) is 44.6 Å². The van der Waals surface area contributed by atoms with E-state index in [1.54, 1.807) is 30.5 Å². The Kier molecular flexibility index (Phi) is 5.84. The third-order valence-corrected chi connectivity index (χ3v) is 7.04. The Bertz CT molecular complexity index is 1720. The Balaban J connectivity index is 1.59. The predicted octanol–water partition coefficient (Wildman–Crippen LogP) is 4.57. The first-order valence-electron chi connectivity index (χ1n) is 12.4. The van der Waals surface area contributed by atoms with Gasteiger partial charge in [-0.15, -0.1) is 0 Å². The lowest BCUT2D eigenvalue weighted by molar-refractivity contribution is -0.384. The van der Waals surface area contributed by atoms with Gasteiger partial charge in [0.2, 0.25) is 0 Å². The van der Waals surface area contributed by atoms with Crippen LogP contribution in [-0.4, -0.2) is 55.8 Å². The first-order chi connectivity index (χ1) is 18.4. The van der Waals surface area contributed by atoms with Crippen LogP contribution in [0.2, 0.25) is 0 Å². The molecule has 1 aliphatic rings. The topological polar surface area (TPSA) is 141 Å². The zero-order valence-electron chi connectivity index (χ0n) is 20.9. The molecule has 0 bridgehead atoms. The number of nitro benzene ring substituents is 1. The molecule has 192 valence electrons. The molecule has 1 fully saturated rings. The number of piperidine rings is 1. The van der Waals surface area contributed by atoms with Crippen molar-refractivity contribution in [2.75, 3.05) is 20.2 Å². The summed E-state index contributed by atoms with van der Waals surface area (Å²) >= 11 is 0. The maximum atomic E-state index is 12.3. The van der Waals surface area contributed by atoms with Crippen LogP contribution in [0.3, 0.4) is 0 Å². The lowest BCUT2D eigenvalue weighted by Gasteiger charge is -2.22. The smallest absolute Gasteiger partial charge is 0.337 e. The molecule has 0 amide bonds. The van der Waals surface area contributed by atoms with Gasteiger partial charge in [0.05, 0.1) is 40.9 Å². The molecule has 1 saturated heterocycles. The first kappa shape index (κ1) is 23.7. The fourth-order valence-electron chi connectivity index (χ4n) is 5.20. The third-order valence-electron chi connectivity index (χ3n) is 7.04. The lowest BCUT2D eigenvalue weighted by Crippen LogP contribution is -2.29. The van der Waals surface area contributed by atoms with E-state index >= 15 is 0 Å². The minimum Gasteiger partial charge on any atom is -0.465 e. The van der Waals surface area contributed by atoms with Crippen LogP contribution in [0.5, 0.6) is 0 Å². The number of hydrogen-bond acceptors (Lipinski definition) is 8. The van der Waals surface area contributed by atoms with Crippen molar-refractivity contribution in [2.45, 2.75) is 25.8 Å². The first-order valence-corrected chi connectivity index (χ1v) is 12.4. The molecule has 2 N–H and O–H groups in total. The number of nitro groups is 1. The van der Waals surface area contributed by atoms with Crippen molar-refractivity contribution in [3.63, 3.8) is 0 Å². The van der Waals surface area contributed by atoms with Crippen molar-refractivity contribution >= 4 is 33.6 Å². The van der Waals surface area contributed by atoms with Crippen LogP contribution < -0.4 is 5.32 Å². The van der Waals surface area contributed by atoms with Gasteiger partial charge in [-0.25, -0.2) is 14.8 Å². The summed E-state index contributed by atoms with van der Waals surface area (Å²) in [5.74, 6) is -0.0799. The Labute approximate surface area is 217 Å². The minimum absolute atomic E-state index is 0.0401. The number of ether oxygens (including phenoxy) is 1. The highest BCUT2D eigenvalue weighted by Crippen LogP contribution is 2.37. The number of non-ortho nitro benzene ring substituents is 1. The number of benzene rings is 2. The second-order valence-corrected chi connectivity index (χ2v) is 9.45. The van der Waals surface area contributed by atoms with Crippen molar-refractivity contribution in [3.8, 4) is 22.6 Å². The van der Waals surface area contributed by atoms with Crippen LogP contribution in [0.4, 0.5) is 5.69 Å². The number of aromatic amines is 1. The molecule has 6 rings (SSSR count). The molecule has 0 saturated carbocycles. The molecule has 0 spiro atoms. The summed E-state index contributed by atoms with van der Waals surface area (Å²) in [6.45, 7) is 3.82. The van der Waals surface area contributed by atoms with E-state index in [1.165, 1.54) is 19.2 Å². The number of rotatable bonds is 5. The second-order valence-electron chi connectivity index (χ2n) is 9.45. The monoisotopic (exact) mass is 511 g/mol. The van der Waals surface area contributed by atoms with Gasteiger partial charge in [-0.05, 0) is 50.6 Å². The zero-order valence-corrected chi connectivity index (χ0v) is 20.9. The van der Waals surface area contributed by atoms with Gasteiger partial charge in [-0.1, -0.05) is 12.1 Å². The Morgan fingerprint density at radius 3 is 2.71 bits per heavy atom. The van der Waals surface area contributed by atoms with Crippen molar-refractivity contribution < 1.29 is 14.5 Å². The summed E-state index contributed by atoms with van der Waals surface area (Å²) in [7, 11) is 1.35. The minimum atomic E-state index is -0.438. The molecule has 1 aliphatic heterocycles. The highest BCUT2D eigenvalue weighted by atomic mass is 16.6. The SMILES string of the molecule is COC(=O)c1cc(C)c2c(c1)[nH]c1nc(-c3cccc([N+](=O)[O-])c3)nc(-c3cnn(C4CCNCC4)c3)c12. The molecular formula is C27H25N7O4. The number of esters is 1. The van der Waals surface area contributed by atoms with E-state index in [0.717, 1.165) is 53.3 Å². The van der Waals surface area contributed by atoms with Gasteiger partial charge >= 0.3 is 5.97 Å². The normalized spacial score (nSPS) is 14.3. The number of fused-ring (bicyclic) bond motifs is 3. The number of hydrogen-bond donors (Lipinski definition) is 2. The highest BCUT2D eigenvalue weighted by molar-refractivity contribution is 6.15. The fourth-order valence-corrected chi connectivity index (χ4v) is 5.20. The van der Waals surface area contributed by atoms with E-state index in [0.29, 0.717) is 34.3 Å². The lowest BCUT2D eigenvalue weighted by atomic mass is 10.0. The van der Waals surface area contributed by atoms with Gasteiger partial charge in [0, 0.05) is 40.4 Å². The number of methoxy groups -OCH3 is 1. The Morgan fingerprint density at radius 2 is 1.95 bits per heavy atom. The quantitative estimate of drug-likeness (QED) is 0.199. The largest absolute Gasteiger partial charge is 0.465 e. The summed E-state index contributed by atoms with van der Waals surface area (Å²) in [6, 6.07) is 10.1. The van der Waals surface area contributed by atoms with E-state index in [-0.39, 0.29) is 5.69 Å². The maximum absolute atomic E-state index is 12.3. The standard InChI is InChI=1S/C27H25N7O4/c1-15-10-17(27(35)38-2)12-21-22(15)23-24(18-13-29-33(14-18)19-6-8-28-9-7-19)31-25(32-26(23)30-21)16-4-3-5-20(11-16)34(36)37/h3-5,10-14,19,28H,6-9H2,1-2H3,(H,30,31,32). The van der Waals surface area contributed by atoms with Gasteiger partial charge < -0.3 is 15.0 Å². The van der Waals surface area contributed by atoms with Crippen molar-refractivity contribution in [1.29, 1.82) is 0 Å². The van der Waals surface area contributed by atoms with E-state index < -0.39 is 10.9 Å². The number of nitrogens with one attached hydrogen (secondary N) is 2. The molecule has 11 heteroatoms. The Hall–Kier alpha value is -4.64. The molecule has 0 radical (unpaired) electrons. The van der Waals surface area contributed by atoms with Crippen LogP contribution in [0.15, 0.2) is 48.8 Å². The number of nitrogens with zero attached hydrogens (tertiary/aromatic N) is 5. The second kappa shape index (κ2) is 9.34. The average Bonchev–Trinajstić information content (AvgIpc) is 3.58. The zero-order chi connectivity index (χ0) is 26.4. The maximum Gasteiger partial charge on any atom is 0.337 e. The van der Waals surface area contributed by atoms with Crippen LogP contribution in [0.1, 0.15) is 34.8 Å². The molecule has 11 nitrogen and oxygen atoms in total. The summed E-state index contributed by atoms with van der Waals surface area (Å²) in [6.07, 6.45) is 5.79. The summed E-state index contributed by atoms with van der Waals surface area (Å²) in [5.41, 5.74) is 4.55. The number of H-pyrrole nitrogens is 1. The van der Waals surface area contributed by atoms with Gasteiger partial charge in [0.25, 0.3) is 5.69 Å². The van der Waals surface area contributed by atoms with Gasteiger partial charge in [-0.3, -0.25) is 14.8 Å². The molecule has 4 heterocycles. The van der Waals surface area contributed by atoms with Crippen LogP contribution in [0, 0.1) is 17.0 Å². The molecule has 2 aromatic carbocycles. The predicted molar refractivity (Wildman–Crippen MR) is 142 cm³/mol. The van der Waals surface area contributed by atoms with E-state index in [4.69, 9.17) is 14.7 Å². The van der Waals surface area contributed by atoms with Crippen LogP contribution >= 0.6 is 0 Å².